The summed E-state index contributed by atoms with van der Waals surface area (Å²) in [6.45, 7) is 57.4. The van der Waals surface area contributed by atoms with E-state index in [0.717, 1.165) is 58.3 Å². The van der Waals surface area contributed by atoms with Crippen LogP contribution >= 0.6 is 0 Å². The van der Waals surface area contributed by atoms with Crippen LogP contribution in [0.4, 0.5) is 0 Å². The van der Waals surface area contributed by atoms with Crippen LogP contribution in [-0.4, -0.2) is 95.6 Å². The van der Waals surface area contributed by atoms with Crippen LogP contribution in [0.15, 0.2) is 0 Å². The summed E-state index contributed by atoms with van der Waals surface area (Å²) in [6.07, 6.45) is 5.95. The van der Waals surface area contributed by atoms with Crippen molar-refractivity contribution in [1.82, 2.24) is 19.6 Å². The molecule has 0 aromatic heterocycles. The van der Waals surface area contributed by atoms with Crippen molar-refractivity contribution in [3.05, 3.63) is 0 Å². The number of likely N-dealkylation sites (tertiary alicyclic amines) is 4. The number of rotatable bonds is 0. The lowest BCUT2D eigenvalue weighted by Gasteiger charge is -2.45. The normalized spacial score (nSPS) is 19.7. The van der Waals surface area contributed by atoms with Crippen LogP contribution in [-0.2, 0) is 19.2 Å². The van der Waals surface area contributed by atoms with Crippen molar-refractivity contribution in [3.8, 4) is 0 Å². The van der Waals surface area contributed by atoms with E-state index in [2.05, 4.69) is 83.1 Å². The minimum Gasteiger partial charge on any atom is -0.343 e. The highest BCUT2D eigenvalue weighted by Gasteiger charge is 2.37. The lowest BCUT2D eigenvalue weighted by Crippen LogP contribution is -2.53. The van der Waals surface area contributed by atoms with Gasteiger partial charge in [0, 0.05) is 80.1 Å². The number of carbonyl (C=O) groups excluding carboxylic acids is 4. The second-order valence-corrected chi connectivity index (χ2v) is 19.6. The minimum absolute atomic E-state index is 0.213. The fraction of sp³-hybridized carbons (Fsp3) is 0.918. The average molecular weight is 811 g/mol. The van der Waals surface area contributed by atoms with E-state index in [1.165, 1.54) is 32.1 Å². The Kier molecular flexibility index (Phi) is 32.4. The maximum Gasteiger partial charge on any atom is 0.219 e. The highest BCUT2D eigenvalue weighted by atomic mass is 16.2. The first-order valence-corrected chi connectivity index (χ1v) is 23.2. The van der Waals surface area contributed by atoms with E-state index in [9.17, 15) is 19.2 Å². The molecule has 0 aromatic carbocycles. The number of hydrogen-bond acceptors (Lipinski definition) is 4. The Morgan fingerprint density at radius 3 is 0.842 bits per heavy atom. The fourth-order valence-corrected chi connectivity index (χ4v) is 7.07. The molecule has 342 valence electrons. The van der Waals surface area contributed by atoms with Crippen molar-refractivity contribution in [2.45, 2.75) is 198 Å². The average Bonchev–Trinajstić information content (AvgIpc) is 3.63. The van der Waals surface area contributed by atoms with Gasteiger partial charge in [0.05, 0.1) is 0 Å². The molecule has 4 saturated heterocycles. The summed E-state index contributed by atoms with van der Waals surface area (Å²) < 4.78 is 0. The third-order valence-corrected chi connectivity index (χ3v) is 11.7. The first-order valence-electron chi connectivity index (χ1n) is 23.2. The molecule has 0 spiro atoms. The van der Waals surface area contributed by atoms with E-state index < -0.39 is 0 Å². The van der Waals surface area contributed by atoms with Gasteiger partial charge in [-0.05, 0) is 77.4 Å². The monoisotopic (exact) mass is 811 g/mol. The molecule has 4 aliphatic heterocycles. The van der Waals surface area contributed by atoms with Crippen LogP contribution in [0.3, 0.4) is 0 Å². The molecule has 4 aliphatic rings. The van der Waals surface area contributed by atoms with Gasteiger partial charge >= 0.3 is 0 Å². The molecule has 0 aliphatic carbocycles. The van der Waals surface area contributed by atoms with Crippen molar-refractivity contribution in [1.29, 1.82) is 0 Å². The van der Waals surface area contributed by atoms with Gasteiger partial charge < -0.3 is 19.6 Å². The topological polar surface area (TPSA) is 81.2 Å². The molecule has 57 heavy (non-hydrogen) atoms. The van der Waals surface area contributed by atoms with Crippen molar-refractivity contribution in [2.75, 3.05) is 52.4 Å². The van der Waals surface area contributed by atoms with E-state index in [0.29, 0.717) is 39.4 Å². The Morgan fingerprint density at radius 1 is 0.333 bits per heavy atom. The van der Waals surface area contributed by atoms with Gasteiger partial charge in [0.25, 0.3) is 0 Å². The maximum atomic E-state index is 11.2. The standard InChI is InChI=1S/2C11H21NO.C10H19NO.C9H17NO.4C2H6/c1-9(13)12-7-5-10(6-8-12)11(2,3)4;1-9(13)12-7-5-6-10(8-12)11(2,3)4;1-8(12)11-6-5-9(7-11)10(2,3)4;1-7(11)10-5-8(6-10)9(2,3)4;4*1-2/h2*10H,5-8H2,1-4H3;9H,5-7H2,1-4H3;8H,5-6H2,1-4H3;4*1-2H3. The quantitative estimate of drug-likeness (QED) is 0.244. The predicted molar refractivity (Wildman–Crippen MR) is 249 cm³/mol. The highest BCUT2D eigenvalue weighted by molar-refractivity contribution is 5.74. The van der Waals surface area contributed by atoms with Gasteiger partial charge in [-0.15, -0.1) is 0 Å². The SMILES string of the molecule is CC.CC.CC.CC.CC(=O)N1CC(C(C)(C)C)C1.CC(=O)N1CCC(C(C)(C)C)C1.CC(=O)N1CCC(C(C)(C)C)CC1.CC(=O)N1CCCC(C(C)(C)C)C1. The van der Waals surface area contributed by atoms with Gasteiger partial charge in [-0.3, -0.25) is 19.2 Å². The largest absolute Gasteiger partial charge is 0.343 e. The molecule has 0 N–H and O–H groups in total. The summed E-state index contributed by atoms with van der Waals surface area (Å²) in [5.41, 5.74) is 1.47. The second-order valence-electron chi connectivity index (χ2n) is 19.6. The smallest absolute Gasteiger partial charge is 0.219 e. The summed E-state index contributed by atoms with van der Waals surface area (Å²) in [6, 6.07) is 0. The number of carbonyl (C=O) groups is 4. The second kappa shape index (κ2) is 30.0. The molecule has 0 aromatic rings. The molecule has 4 amide bonds. The van der Waals surface area contributed by atoms with Gasteiger partial charge in [0.1, 0.15) is 0 Å². The van der Waals surface area contributed by atoms with Crippen LogP contribution in [0.2, 0.25) is 0 Å². The van der Waals surface area contributed by atoms with Crippen molar-refractivity contribution >= 4 is 23.6 Å². The van der Waals surface area contributed by atoms with Crippen LogP contribution < -0.4 is 0 Å². The molecule has 8 heteroatoms. The lowest BCUT2D eigenvalue weighted by atomic mass is 9.75. The molecular formula is C49H102N4O4. The Morgan fingerprint density at radius 2 is 0.579 bits per heavy atom. The van der Waals surface area contributed by atoms with Gasteiger partial charge in [-0.1, -0.05) is 138 Å². The van der Waals surface area contributed by atoms with E-state index >= 15 is 0 Å². The van der Waals surface area contributed by atoms with Crippen molar-refractivity contribution < 1.29 is 19.2 Å². The van der Waals surface area contributed by atoms with Crippen molar-refractivity contribution in [3.63, 3.8) is 0 Å². The number of hydrogen-bond donors (Lipinski definition) is 0. The van der Waals surface area contributed by atoms with Crippen molar-refractivity contribution in [2.24, 2.45) is 45.3 Å². The molecule has 2 atom stereocenters. The fourth-order valence-electron chi connectivity index (χ4n) is 7.07. The highest BCUT2D eigenvalue weighted by Crippen LogP contribution is 2.36. The van der Waals surface area contributed by atoms with Crippen LogP contribution in [0, 0.1) is 45.3 Å². The summed E-state index contributed by atoms with van der Waals surface area (Å²) in [4.78, 5) is 51.9. The molecule has 0 radical (unpaired) electrons. The molecule has 0 saturated carbocycles. The van der Waals surface area contributed by atoms with E-state index in [1.807, 2.05) is 75.0 Å². The Balaban J connectivity index is -0.000000310. The van der Waals surface area contributed by atoms with Crippen LogP contribution in [0.25, 0.3) is 0 Å². The van der Waals surface area contributed by atoms with Gasteiger partial charge in [0.15, 0.2) is 0 Å². The van der Waals surface area contributed by atoms with Gasteiger partial charge in [0.2, 0.25) is 23.6 Å². The molecule has 4 heterocycles. The van der Waals surface area contributed by atoms with E-state index in [4.69, 9.17) is 0 Å². The summed E-state index contributed by atoms with van der Waals surface area (Å²) >= 11 is 0. The first-order chi connectivity index (χ1) is 26.1. The Bertz CT molecular complexity index is 1060. The van der Waals surface area contributed by atoms with Crippen LogP contribution in [0.1, 0.15) is 198 Å². The van der Waals surface area contributed by atoms with Gasteiger partial charge in [-0.2, -0.15) is 0 Å². The third kappa shape index (κ3) is 25.9. The number of amides is 4. The Labute approximate surface area is 357 Å². The van der Waals surface area contributed by atoms with E-state index in [1.54, 1.807) is 27.7 Å². The number of piperidine rings is 2. The first kappa shape index (κ1) is 61.5. The zero-order chi connectivity index (χ0) is 46.1. The molecule has 8 nitrogen and oxygen atoms in total. The molecule has 2 unspecified atom stereocenters. The third-order valence-electron chi connectivity index (χ3n) is 11.7. The van der Waals surface area contributed by atoms with Gasteiger partial charge in [-0.25, -0.2) is 0 Å². The molecular weight excluding hydrogens is 709 g/mol. The Hall–Kier alpha value is -2.12. The zero-order valence-electron chi connectivity index (χ0n) is 42.9. The number of nitrogens with zero attached hydrogens (tertiary/aromatic N) is 4. The molecule has 4 fully saturated rings. The maximum absolute atomic E-state index is 11.2. The summed E-state index contributed by atoms with van der Waals surface area (Å²) in [5, 5.41) is 0. The van der Waals surface area contributed by atoms with Crippen LogP contribution in [0.5, 0.6) is 0 Å². The lowest BCUT2D eigenvalue weighted by molar-refractivity contribution is -0.138. The molecule has 0 bridgehead atoms. The summed E-state index contributed by atoms with van der Waals surface area (Å²) in [5.74, 6) is 3.73. The molecule has 4 rings (SSSR count). The minimum atomic E-state index is 0.213. The van der Waals surface area contributed by atoms with E-state index in [-0.39, 0.29) is 23.6 Å². The predicted octanol–water partition coefficient (Wildman–Crippen LogP) is 12.1. The summed E-state index contributed by atoms with van der Waals surface area (Å²) in [7, 11) is 0. The zero-order valence-corrected chi connectivity index (χ0v) is 42.9.